The van der Waals surface area contributed by atoms with Crippen molar-refractivity contribution in [1.29, 1.82) is 0 Å². The fourth-order valence-electron chi connectivity index (χ4n) is 3.58. The van der Waals surface area contributed by atoms with Crippen LogP contribution in [0.25, 0.3) is 0 Å². The fraction of sp³-hybridized carbons (Fsp3) is 1.00. The van der Waals surface area contributed by atoms with Crippen molar-refractivity contribution in [2.75, 3.05) is 12.4 Å². The van der Waals surface area contributed by atoms with Gasteiger partial charge in [-0.2, -0.15) is 0 Å². The van der Waals surface area contributed by atoms with Crippen LogP contribution in [0.5, 0.6) is 0 Å². The summed E-state index contributed by atoms with van der Waals surface area (Å²) >= 11 is 0. The number of rotatable bonds is 9. The highest BCUT2D eigenvalue weighted by Crippen LogP contribution is 2.34. The van der Waals surface area contributed by atoms with Crippen LogP contribution in [0.1, 0.15) is 78.1 Å². The summed E-state index contributed by atoms with van der Waals surface area (Å²) in [5.74, 6) is 0.0377. The number of ether oxygens (including phenoxy) is 1. The molecule has 0 amide bonds. The van der Waals surface area contributed by atoms with E-state index in [4.69, 9.17) is 15.4 Å². The van der Waals surface area contributed by atoms with Gasteiger partial charge in [-0.1, -0.05) is 52.4 Å². The molecule has 1 saturated carbocycles. The second-order valence-corrected chi connectivity index (χ2v) is 9.38. The first-order valence-electron chi connectivity index (χ1n) is 8.45. The molecule has 0 saturated heterocycles. The van der Waals surface area contributed by atoms with Gasteiger partial charge in [0.25, 0.3) is 0 Å². The molecule has 1 aliphatic carbocycles. The average molecular weight is 339 g/mol. The van der Waals surface area contributed by atoms with Gasteiger partial charge in [-0.25, -0.2) is 8.42 Å². The van der Waals surface area contributed by atoms with E-state index in [-0.39, 0.29) is 11.2 Å². The molecule has 0 radical (unpaired) electrons. The highest BCUT2D eigenvalue weighted by Gasteiger charge is 2.34. The zero-order chi connectivity index (χ0) is 15.8. The Balaban J connectivity index is 2.69. The maximum Gasteiger partial charge on any atom is 0.233 e. The molecule has 1 rings (SSSR count). The Kier molecular flexibility index (Phi) is 8.58. The minimum absolute atomic E-state index is 0.0377. The second-order valence-electron chi connectivity index (χ2n) is 6.61. The molecule has 126 valence electrons. The van der Waals surface area contributed by atoms with Gasteiger partial charge >= 0.3 is 0 Å². The van der Waals surface area contributed by atoms with Crippen LogP contribution in [-0.4, -0.2) is 26.9 Å². The van der Waals surface area contributed by atoms with E-state index in [1.165, 1.54) is 25.7 Å². The van der Waals surface area contributed by atoms with Gasteiger partial charge in [-0.3, -0.25) is 0 Å². The maximum absolute atomic E-state index is 11.6. The molecule has 0 atom stereocenters. The summed E-state index contributed by atoms with van der Waals surface area (Å²) in [6, 6.07) is 0. The topological polar surface area (TPSA) is 43.4 Å². The van der Waals surface area contributed by atoms with E-state index in [2.05, 4.69) is 13.8 Å². The van der Waals surface area contributed by atoms with Crippen LogP contribution in [0.2, 0.25) is 0 Å². The van der Waals surface area contributed by atoms with E-state index in [1.807, 2.05) is 0 Å². The monoisotopic (exact) mass is 338 g/mol. The molecule has 0 aromatic rings. The summed E-state index contributed by atoms with van der Waals surface area (Å²) in [7, 11) is 2.06. The van der Waals surface area contributed by atoms with Crippen molar-refractivity contribution < 1.29 is 13.2 Å². The smallest absolute Gasteiger partial charge is 0.233 e. The van der Waals surface area contributed by atoms with Gasteiger partial charge in [-0.05, 0) is 25.7 Å². The van der Waals surface area contributed by atoms with Crippen molar-refractivity contribution in [2.24, 2.45) is 5.41 Å². The van der Waals surface area contributed by atoms with Crippen molar-refractivity contribution in [1.82, 2.24) is 0 Å². The van der Waals surface area contributed by atoms with E-state index in [0.29, 0.717) is 12.7 Å². The Morgan fingerprint density at radius 3 is 2.00 bits per heavy atom. The summed E-state index contributed by atoms with van der Waals surface area (Å²) in [6.45, 7) is 4.72. The van der Waals surface area contributed by atoms with Crippen LogP contribution in [0.3, 0.4) is 0 Å². The molecule has 5 heteroatoms. The number of hydrogen-bond acceptors (Lipinski definition) is 3. The molecular formula is C16H31ClO3S. The molecular weight excluding hydrogens is 308 g/mol. The van der Waals surface area contributed by atoms with E-state index >= 15 is 0 Å². The minimum Gasteiger partial charge on any atom is -0.378 e. The van der Waals surface area contributed by atoms with Gasteiger partial charge in [0.1, 0.15) is 0 Å². The van der Waals surface area contributed by atoms with Gasteiger partial charge in [0.2, 0.25) is 9.05 Å². The van der Waals surface area contributed by atoms with Gasteiger partial charge in [0.15, 0.2) is 0 Å². The van der Waals surface area contributed by atoms with Crippen LogP contribution < -0.4 is 0 Å². The number of halogens is 1. The van der Waals surface area contributed by atoms with Crippen molar-refractivity contribution >= 4 is 19.7 Å². The normalized spacial score (nSPS) is 18.6. The Hall–Kier alpha value is 0.200. The van der Waals surface area contributed by atoms with Gasteiger partial charge in [0, 0.05) is 16.1 Å². The molecule has 3 nitrogen and oxygen atoms in total. The first-order chi connectivity index (χ1) is 9.91. The Labute approximate surface area is 135 Å². The molecule has 0 bridgehead atoms. The highest BCUT2D eigenvalue weighted by atomic mass is 35.7. The Morgan fingerprint density at radius 1 is 1.05 bits per heavy atom. The van der Waals surface area contributed by atoms with Crippen LogP contribution >= 0.6 is 10.7 Å². The van der Waals surface area contributed by atoms with Crippen molar-refractivity contribution in [3.8, 4) is 0 Å². The lowest BCUT2D eigenvalue weighted by atomic mass is 9.82. The third-order valence-corrected chi connectivity index (χ3v) is 5.75. The molecule has 1 fully saturated rings. The SMILES string of the molecule is CCCC(CCC)(COC1CCCCCC1)CS(=O)(=O)Cl. The highest BCUT2D eigenvalue weighted by molar-refractivity contribution is 8.13. The molecule has 0 spiro atoms. The standard InChI is InChI=1S/C16H31ClO3S/c1-3-11-16(12-4-2,14-21(17,18)19)13-20-15-9-7-5-6-8-10-15/h15H,3-14H2,1-2H3. The molecule has 0 N–H and O–H groups in total. The Morgan fingerprint density at radius 2 is 1.57 bits per heavy atom. The van der Waals surface area contributed by atoms with Gasteiger partial charge in [-0.15, -0.1) is 0 Å². The minimum atomic E-state index is -3.49. The third kappa shape index (κ3) is 7.85. The van der Waals surface area contributed by atoms with Crippen molar-refractivity contribution in [3.63, 3.8) is 0 Å². The summed E-state index contributed by atoms with van der Waals surface area (Å²) in [4.78, 5) is 0. The molecule has 0 aromatic heterocycles. The van der Waals surface area contributed by atoms with Gasteiger partial charge < -0.3 is 4.74 Å². The van der Waals surface area contributed by atoms with E-state index in [0.717, 1.165) is 38.5 Å². The predicted molar refractivity (Wildman–Crippen MR) is 89.3 cm³/mol. The lowest BCUT2D eigenvalue weighted by Crippen LogP contribution is -2.35. The van der Waals surface area contributed by atoms with Crippen LogP contribution in [-0.2, 0) is 13.8 Å². The fourth-order valence-corrected chi connectivity index (χ4v) is 5.38. The molecule has 0 heterocycles. The predicted octanol–water partition coefficient (Wildman–Crippen LogP) is 4.88. The summed E-state index contributed by atoms with van der Waals surface area (Å²) in [5.41, 5.74) is -0.309. The third-order valence-electron chi connectivity index (χ3n) is 4.47. The first kappa shape index (κ1) is 19.2. The summed E-state index contributed by atoms with van der Waals surface area (Å²) in [6.07, 6.45) is 11.2. The lowest BCUT2D eigenvalue weighted by Gasteiger charge is -2.33. The molecule has 0 aromatic carbocycles. The quantitative estimate of drug-likeness (QED) is 0.444. The summed E-state index contributed by atoms with van der Waals surface area (Å²) < 4.78 is 29.4. The van der Waals surface area contributed by atoms with Gasteiger partial charge in [0.05, 0.1) is 18.5 Å². The average Bonchev–Trinajstić information content (AvgIpc) is 2.63. The Bertz CT molecular complexity index is 367. The van der Waals surface area contributed by atoms with Crippen LogP contribution in [0.15, 0.2) is 0 Å². The zero-order valence-electron chi connectivity index (χ0n) is 13.6. The first-order valence-corrected chi connectivity index (χ1v) is 10.9. The molecule has 0 aliphatic heterocycles. The van der Waals surface area contributed by atoms with E-state index in [9.17, 15) is 8.42 Å². The second kappa shape index (κ2) is 9.36. The maximum atomic E-state index is 11.6. The molecule has 21 heavy (non-hydrogen) atoms. The largest absolute Gasteiger partial charge is 0.378 e. The number of hydrogen-bond donors (Lipinski definition) is 0. The van der Waals surface area contributed by atoms with Crippen LogP contribution in [0, 0.1) is 5.41 Å². The summed E-state index contributed by atoms with van der Waals surface area (Å²) in [5, 5.41) is 0. The van der Waals surface area contributed by atoms with E-state index in [1.54, 1.807) is 0 Å². The van der Waals surface area contributed by atoms with Crippen LogP contribution in [0.4, 0.5) is 0 Å². The molecule has 0 unspecified atom stereocenters. The van der Waals surface area contributed by atoms with E-state index < -0.39 is 9.05 Å². The van der Waals surface area contributed by atoms with Crippen molar-refractivity contribution in [3.05, 3.63) is 0 Å². The van der Waals surface area contributed by atoms with Crippen molar-refractivity contribution in [2.45, 2.75) is 84.2 Å². The lowest BCUT2D eigenvalue weighted by molar-refractivity contribution is -0.0155. The zero-order valence-corrected chi connectivity index (χ0v) is 15.1. The molecule has 1 aliphatic rings.